The van der Waals surface area contributed by atoms with E-state index in [2.05, 4.69) is 5.32 Å². The summed E-state index contributed by atoms with van der Waals surface area (Å²) in [6.45, 7) is 3.31. The zero-order chi connectivity index (χ0) is 14.4. The quantitative estimate of drug-likeness (QED) is 0.877. The van der Waals surface area contributed by atoms with Gasteiger partial charge in [0.05, 0.1) is 12.0 Å². The summed E-state index contributed by atoms with van der Waals surface area (Å²) < 4.78 is 5.84. The minimum absolute atomic E-state index is 0. The lowest BCUT2D eigenvalue weighted by Gasteiger charge is -2.31. The van der Waals surface area contributed by atoms with E-state index >= 15 is 0 Å². The van der Waals surface area contributed by atoms with Crippen LogP contribution in [0, 0.1) is 5.92 Å². The third kappa shape index (κ3) is 5.30. The van der Waals surface area contributed by atoms with Gasteiger partial charge in [-0.15, -0.1) is 12.4 Å². The first-order valence-corrected chi connectivity index (χ1v) is 7.38. The van der Waals surface area contributed by atoms with Gasteiger partial charge in [-0.25, -0.2) is 0 Å². The molecule has 4 nitrogen and oxygen atoms in total. The molecule has 1 aliphatic rings. The third-order valence-corrected chi connectivity index (χ3v) is 3.69. The van der Waals surface area contributed by atoms with Crippen molar-refractivity contribution in [1.82, 2.24) is 5.32 Å². The molecule has 3 atom stereocenters. The SMILES string of the molecule is CC(N)CCNC(=O)C1CCCOC1c1ccccc1.Cl. The average Bonchev–Trinajstić information content (AvgIpc) is 2.47. The van der Waals surface area contributed by atoms with Gasteiger partial charge in [0.25, 0.3) is 0 Å². The Hall–Kier alpha value is -1.10. The molecule has 1 amide bonds. The van der Waals surface area contributed by atoms with Gasteiger partial charge in [-0.05, 0) is 31.7 Å². The summed E-state index contributed by atoms with van der Waals surface area (Å²) in [5.41, 5.74) is 6.78. The maximum atomic E-state index is 12.3. The van der Waals surface area contributed by atoms with Crippen molar-refractivity contribution in [3.63, 3.8) is 0 Å². The monoisotopic (exact) mass is 312 g/mol. The first kappa shape index (κ1) is 18.0. The van der Waals surface area contributed by atoms with Crippen molar-refractivity contribution in [3.05, 3.63) is 35.9 Å². The van der Waals surface area contributed by atoms with Crippen LogP contribution in [-0.2, 0) is 9.53 Å². The maximum absolute atomic E-state index is 12.3. The van der Waals surface area contributed by atoms with Crippen molar-refractivity contribution in [2.24, 2.45) is 11.7 Å². The first-order chi connectivity index (χ1) is 9.68. The molecule has 0 spiro atoms. The highest BCUT2D eigenvalue weighted by molar-refractivity contribution is 5.85. The zero-order valence-corrected chi connectivity index (χ0v) is 13.3. The van der Waals surface area contributed by atoms with E-state index in [9.17, 15) is 4.79 Å². The molecule has 0 aromatic heterocycles. The van der Waals surface area contributed by atoms with Crippen LogP contribution in [0.15, 0.2) is 30.3 Å². The summed E-state index contributed by atoms with van der Waals surface area (Å²) in [5.74, 6) is -0.0153. The van der Waals surface area contributed by atoms with E-state index in [0.29, 0.717) is 6.54 Å². The molecule has 3 unspecified atom stereocenters. The van der Waals surface area contributed by atoms with E-state index in [1.807, 2.05) is 37.3 Å². The number of carbonyl (C=O) groups is 1. The predicted molar refractivity (Wildman–Crippen MR) is 86.4 cm³/mol. The van der Waals surface area contributed by atoms with Crippen LogP contribution < -0.4 is 11.1 Å². The molecule has 0 saturated carbocycles. The second-order valence-corrected chi connectivity index (χ2v) is 5.51. The Bertz CT molecular complexity index is 426. The van der Waals surface area contributed by atoms with Gasteiger partial charge in [0, 0.05) is 19.2 Å². The Morgan fingerprint density at radius 1 is 1.43 bits per heavy atom. The second kappa shape index (κ2) is 9.03. The molecule has 3 N–H and O–H groups in total. The van der Waals surface area contributed by atoms with E-state index in [1.54, 1.807) is 0 Å². The summed E-state index contributed by atoms with van der Waals surface area (Å²) in [7, 11) is 0. The number of nitrogens with one attached hydrogen (secondary N) is 1. The molecule has 1 heterocycles. The first-order valence-electron chi connectivity index (χ1n) is 7.38. The molecule has 1 fully saturated rings. The van der Waals surface area contributed by atoms with Gasteiger partial charge in [-0.3, -0.25) is 4.79 Å². The van der Waals surface area contributed by atoms with Crippen LogP contribution >= 0.6 is 12.4 Å². The minimum atomic E-state index is -0.125. The average molecular weight is 313 g/mol. The molecule has 0 bridgehead atoms. The Morgan fingerprint density at radius 2 is 2.14 bits per heavy atom. The molecule has 5 heteroatoms. The molecule has 118 valence electrons. The highest BCUT2D eigenvalue weighted by Gasteiger charge is 2.32. The van der Waals surface area contributed by atoms with Gasteiger partial charge in [-0.2, -0.15) is 0 Å². The number of nitrogens with two attached hydrogens (primary N) is 1. The van der Waals surface area contributed by atoms with E-state index in [1.165, 1.54) is 0 Å². The van der Waals surface area contributed by atoms with Crippen LogP contribution in [0.5, 0.6) is 0 Å². The Kier molecular flexibility index (Phi) is 7.72. The number of hydrogen-bond donors (Lipinski definition) is 2. The van der Waals surface area contributed by atoms with E-state index in [4.69, 9.17) is 10.5 Å². The molecule has 0 radical (unpaired) electrons. The lowest BCUT2D eigenvalue weighted by atomic mass is 9.88. The van der Waals surface area contributed by atoms with Crippen molar-refractivity contribution in [2.75, 3.05) is 13.2 Å². The normalized spacial score (nSPS) is 23.0. The Balaban J connectivity index is 0.00000220. The number of rotatable bonds is 5. The fourth-order valence-electron chi connectivity index (χ4n) is 2.58. The van der Waals surface area contributed by atoms with Crippen LogP contribution in [0.1, 0.15) is 37.9 Å². The molecule has 21 heavy (non-hydrogen) atoms. The summed E-state index contributed by atoms with van der Waals surface area (Å²) >= 11 is 0. The highest BCUT2D eigenvalue weighted by atomic mass is 35.5. The number of hydrogen-bond acceptors (Lipinski definition) is 3. The van der Waals surface area contributed by atoms with Gasteiger partial charge in [0.2, 0.25) is 5.91 Å². The summed E-state index contributed by atoms with van der Waals surface area (Å²) in [4.78, 5) is 12.3. The topological polar surface area (TPSA) is 64.3 Å². The number of carbonyl (C=O) groups excluding carboxylic acids is 1. The predicted octanol–water partition coefficient (Wildman–Crippen LogP) is 2.43. The lowest BCUT2D eigenvalue weighted by Crippen LogP contribution is -2.39. The van der Waals surface area contributed by atoms with Gasteiger partial charge < -0.3 is 15.8 Å². The Morgan fingerprint density at radius 3 is 2.81 bits per heavy atom. The molecule has 1 aromatic carbocycles. The number of benzene rings is 1. The molecule has 0 aliphatic carbocycles. The van der Waals surface area contributed by atoms with Gasteiger partial charge in [0.15, 0.2) is 0 Å². The van der Waals surface area contributed by atoms with Crippen LogP contribution in [0.2, 0.25) is 0 Å². The molecule has 1 saturated heterocycles. The van der Waals surface area contributed by atoms with E-state index in [0.717, 1.165) is 31.4 Å². The van der Waals surface area contributed by atoms with Gasteiger partial charge >= 0.3 is 0 Å². The summed E-state index contributed by atoms with van der Waals surface area (Å²) in [6, 6.07) is 10.1. The van der Waals surface area contributed by atoms with E-state index < -0.39 is 0 Å². The molecular weight excluding hydrogens is 288 g/mol. The van der Waals surface area contributed by atoms with Crippen molar-refractivity contribution >= 4 is 18.3 Å². The van der Waals surface area contributed by atoms with Crippen LogP contribution in [0.3, 0.4) is 0 Å². The third-order valence-electron chi connectivity index (χ3n) is 3.69. The molecule has 1 aromatic rings. The second-order valence-electron chi connectivity index (χ2n) is 5.51. The number of amides is 1. The molecule has 2 rings (SSSR count). The van der Waals surface area contributed by atoms with Crippen LogP contribution in [0.25, 0.3) is 0 Å². The summed E-state index contributed by atoms with van der Waals surface area (Å²) in [5, 5.41) is 2.98. The van der Waals surface area contributed by atoms with Gasteiger partial charge in [0.1, 0.15) is 0 Å². The summed E-state index contributed by atoms with van der Waals surface area (Å²) in [6.07, 6.45) is 2.49. The molecular formula is C16H25ClN2O2. The number of ether oxygens (including phenoxy) is 1. The largest absolute Gasteiger partial charge is 0.373 e. The minimum Gasteiger partial charge on any atom is -0.373 e. The van der Waals surface area contributed by atoms with Gasteiger partial charge in [-0.1, -0.05) is 30.3 Å². The lowest BCUT2D eigenvalue weighted by molar-refractivity contribution is -0.134. The fraction of sp³-hybridized carbons (Fsp3) is 0.562. The highest BCUT2D eigenvalue weighted by Crippen LogP contribution is 2.33. The van der Waals surface area contributed by atoms with Crippen LogP contribution in [-0.4, -0.2) is 25.1 Å². The number of halogens is 1. The van der Waals surface area contributed by atoms with Crippen molar-refractivity contribution in [2.45, 2.75) is 38.3 Å². The van der Waals surface area contributed by atoms with E-state index in [-0.39, 0.29) is 36.4 Å². The molecule has 1 aliphatic heterocycles. The smallest absolute Gasteiger partial charge is 0.226 e. The zero-order valence-electron chi connectivity index (χ0n) is 12.5. The maximum Gasteiger partial charge on any atom is 0.226 e. The Labute approximate surface area is 132 Å². The fourth-order valence-corrected chi connectivity index (χ4v) is 2.58. The van der Waals surface area contributed by atoms with Crippen molar-refractivity contribution in [3.8, 4) is 0 Å². The van der Waals surface area contributed by atoms with Crippen LogP contribution in [0.4, 0.5) is 0 Å². The standard InChI is InChI=1S/C16H24N2O2.ClH/c1-12(17)9-10-18-16(19)14-8-5-11-20-15(14)13-6-3-2-4-7-13;/h2-4,6-7,12,14-15H,5,8-11,17H2,1H3,(H,18,19);1H. The van der Waals surface area contributed by atoms with Crippen molar-refractivity contribution < 1.29 is 9.53 Å². The van der Waals surface area contributed by atoms with Crippen molar-refractivity contribution in [1.29, 1.82) is 0 Å².